The highest BCUT2D eigenvalue weighted by molar-refractivity contribution is 7.90. The maximum absolute atomic E-state index is 12.4. The van der Waals surface area contributed by atoms with Crippen LogP contribution in [0.1, 0.15) is 54.9 Å². The Hall–Kier alpha value is -1.36. The molecule has 1 amide bonds. The predicted molar refractivity (Wildman–Crippen MR) is 92.4 cm³/mol. The highest BCUT2D eigenvalue weighted by Crippen LogP contribution is 2.30. The van der Waals surface area contributed by atoms with Gasteiger partial charge in [-0.2, -0.15) is 0 Å². The molecule has 23 heavy (non-hydrogen) atoms. The summed E-state index contributed by atoms with van der Waals surface area (Å²) in [7, 11) is -3.30. The van der Waals surface area contributed by atoms with E-state index in [0.717, 1.165) is 17.7 Å². The lowest BCUT2D eigenvalue weighted by atomic mass is 9.81. The van der Waals surface area contributed by atoms with Crippen LogP contribution in [-0.4, -0.2) is 27.1 Å². The average Bonchev–Trinajstić information content (AvgIpc) is 2.52. The molecule has 1 aromatic rings. The van der Waals surface area contributed by atoms with Gasteiger partial charge in [-0.05, 0) is 49.3 Å². The van der Waals surface area contributed by atoms with Crippen LogP contribution in [0.4, 0.5) is 0 Å². The largest absolute Gasteiger partial charge is 0.352 e. The van der Waals surface area contributed by atoms with E-state index in [1.54, 1.807) is 12.1 Å². The Labute approximate surface area is 139 Å². The van der Waals surface area contributed by atoms with Gasteiger partial charge < -0.3 is 5.32 Å². The molecule has 0 aromatic heterocycles. The standard InChI is InChI=1S/C18H27NO3S/c1-4-14-6-8-15(9-7-14)12-19-18(20)17-11-16(23(3,21)22)10-5-13(17)2/h5,10-11,14-15H,4,6-9,12H2,1-3H3,(H,19,20). The molecule has 2 rings (SSSR count). The van der Waals surface area contributed by atoms with Gasteiger partial charge in [0.25, 0.3) is 5.91 Å². The molecular weight excluding hydrogens is 310 g/mol. The Morgan fingerprint density at radius 2 is 1.78 bits per heavy atom. The van der Waals surface area contributed by atoms with E-state index in [0.29, 0.717) is 18.0 Å². The number of benzene rings is 1. The van der Waals surface area contributed by atoms with Gasteiger partial charge in [-0.25, -0.2) is 8.42 Å². The van der Waals surface area contributed by atoms with Crippen molar-refractivity contribution in [3.8, 4) is 0 Å². The van der Waals surface area contributed by atoms with Crippen LogP contribution >= 0.6 is 0 Å². The first kappa shape index (κ1) is 18.0. The Morgan fingerprint density at radius 1 is 1.17 bits per heavy atom. The van der Waals surface area contributed by atoms with Crippen LogP contribution in [0.15, 0.2) is 23.1 Å². The summed E-state index contributed by atoms with van der Waals surface area (Å²) in [6.45, 7) is 4.75. The van der Waals surface area contributed by atoms with E-state index in [9.17, 15) is 13.2 Å². The zero-order chi connectivity index (χ0) is 17.0. The smallest absolute Gasteiger partial charge is 0.251 e. The van der Waals surface area contributed by atoms with Gasteiger partial charge in [0.15, 0.2) is 9.84 Å². The van der Waals surface area contributed by atoms with Crippen LogP contribution in [0.3, 0.4) is 0 Å². The number of nitrogens with one attached hydrogen (secondary N) is 1. The van der Waals surface area contributed by atoms with Crippen LogP contribution in [0.5, 0.6) is 0 Å². The van der Waals surface area contributed by atoms with Crippen molar-refractivity contribution >= 4 is 15.7 Å². The van der Waals surface area contributed by atoms with Crippen molar-refractivity contribution in [3.63, 3.8) is 0 Å². The van der Waals surface area contributed by atoms with E-state index in [1.807, 2.05) is 6.92 Å². The van der Waals surface area contributed by atoms with Gasteiger partial charge in [0.2, 0.25) is 0 Å². The molecule has 1 saturated carbocycles. The zero-order valence-electron chi connectivity index (χ0n) is 14.3. The van der Waals surface area contributed by atoms with E-state index < -0.39 is 9.84 Å². The first-order valence-electron chi connectivity index (χ1n) is 8.40. The number of sulfone groups is 1. The van der Waals surface area contributed by atoms with Crippen LogP contribution in [-0.2, 0) is 9.84 Å². The number of aryl methyl sites for hydroxylation is 1. The number of carbonyl (C=O) groups excluding carboxylic acids is 1. The molecule has 5 heteroatoms. The van der Waals surface area contributed by atoms with Crippen LogP contribution in [0.25, 0.3) is 0 Å². The number of amides is 1. The summed E-state index contributed by atoms with van der Waals surface area (Å²) in [5.41, 5.74) is 1.25. The maximum atomic E-state index is 12.4. The molecule has 0 atom stereocenters. The van der Waals surface area contributed by atoms with Crippen molar-refractivity contribution in [3.05, 3.63) is 29.3 Å². The van der Waals surface area contributed by atoms with E-state index in [-0.39, 0.29) is 10.8 Å². The molecule has 0 radical (unpaired) electrons. The molecule has 1 aliphatic rings. The molecule has 0 aliphatic heterocycles. The summed E-state index contributed by atoms with van der Waals surface area (Å²) in [5, 5.41) is 2.99. The highest BCUT2D eigenvalue weighted by Gasteiger charge is 2.21. The van der Waals surface area contributed by atoms with Gasteiger partial charge in [0.05, 0.1) is 4.90 Å². The second-order valence-corrected chi connectivity index (χ2v) is 8.77. The third-order valence-electron chi connectivity index (χ3n) is 4.98. The number of rotatable bonds is 5. The second kappa shape index (κ2) is 7.47. The second-order valence-electron chi connectivity index (χ2n) is 6.75. The van der Waals surface area contributed by atoms with Gasteiger partial charge in [0.1, 0.15) is 0 Å². The highest BCUT2D eigenvalue weighted by atomic mass is 32.2. The van der Waals surface area contributed by atoms with Crippen molar-refractivity contribution in [2.75, 3.05) is 12.8 Å². The average molecular weight is 337 g/mol. The lowest BCUT2D eigenvalue weighted by molar-refractivity contribution is 0.0940. The van der Waals surface area contributed by atoms with Crippen molar-refractivity contribution in [1.82, 2.24) is 5.32 Å². The first-order chi connectivity index (χ1) is 10.8. The molecule has 128 valence electrons. The zero-order valence-corrected chi connectivity index (χ0v) is 15.1. The van der Waals surface area contributed by atoms with Gasteiger partial charge in [-0.1, -0.05) is 32.3 Å². The Kier molecular flexibility index (Phi) is 5.84. The molecule has 1 aliphatic carbocycles. The van der Waals surface area contributed by atoms with Gasteiger partial charge in [0, 0.05) is 18.4 Å². The third-order valence-corrected chi connectivity index (χ3v) is 6.09. The minimum Gasteiger partial charge on any atom is -0.352 e. The molecule has 1 fully saturated rings. The van der Waals surface area contributed by atoms with Gasteiger partial charge in [-0.15, -0.1) is 0 Å². The van der Waals surface area contributed by atoms with Gasteiger partial charge >= 0.3 is 0 Å². The Balaban J connectivity index is 1.98. The SMILES string of the molecule is CCC1CCC(CNC(=O)c2cc(S(C)(=O)=O)ccc2C)CC1. The summed E-state index contributed by atoms with van der Waals surface area (Å²) < 4.78 is 23.3. The van der Waals surface area contributed by atoms with E-state index in [2.05, 4.69) is 12.2 Å². The monoisotopic (exact) mass is 337 g/mol. The lowest BCUT2D eigenvalue weighted by Crippen LogP contribution is -2.31. The third kappa shape index (κ3) is 4.80. The Bertz CT molecular complexity index is 659. The Morgan fingerprint density at radius 3 is 2.35 bits per heavy atom. The number of carbonyl (C=O) groups is 1. The van der Waals surface area contributed by atoms with Crippen LogP contribution in [0.2, 0.25) is 0 Å². The van der Waals surface area contributed by atoms with E-state index >= 15 is 0 Å². The fraction of sp³-hybridized carbons (Fsp3) is 0.611. The predicted octanol–water partition coefficient (Wildman–Crippen LogP) is 3.34. The minimum atomic E-state index is -3.30. The first-order valence-corrected chi connectivity index (χ1v) is 10.3. The molecule has 1 aromatic carbocycles. The van der Waals surface area contributed by atoms with Crippen molar-refractivity contribution in [2.24, 2.45) is 11.8 Å². The molecule has 0 heterocycles. The summed E-state index contributed by atoms with van der Waals surface area (Å²) in [4.78, 5) is 12.6. The van der Waals surface area contributed by atoms with Crippen molar-refractivity contribution < 1.29 is 13.2 Å². The molecule has 0 unspecified atom stereocenters. The normalized spacial score (nSPS) is 21.9. The maximum Gasteiger partial charge on any atom is 0.251 e. The quantitative estimate of drug-likeness (QED) is 0.896. The van der Waals surface area contributed by atoms with Crippen LogP contribution < -0.4 is 5.32 Å². The summed E-state index contributed by atoms with van der Waals surface area (Å²) in [6, 6.07) is 4.72. The number of hydrogen-bond acceptors (Lipinski definition) is 3. The van der Waals surface area contributed by atoms with Crippen molar-refractivity contribution in [1.29, 1.82) is 0 Å². The summed E-state index contributed by atoms with van der Waals surface area (Å²) >= 11 is 0. The summed E-state index contributed by atoms with van der Waals surface area (Å²) in [6.07, 6.45) is 7.24. The molecule has 1 N–H and O–H groups in total. The number of hydrogen-bond donors (Lipinski definition) is 1. The molecule has 0 spiro atoms. The van der Waals surface area contributed by atoms with Crippen LogP contribution in [0, 0.1) is 18.8 Å². The molecular formula is C18H27NO3S. The molecule has 0 bridgehead atoms. The van der Waals surface area contributed by atoms with Gasteiger partial charge in [-0.3, -0.25) is 4.79 Å². The van der Waals surface area contributed by atoms with E-state index in [1.165, 1.54) is 38.2 Å². The lowest BCUT2D eigenvalue weighted by Gasteiger charge is -2.27. The molecule has 4 nitrogen and oxygen atoms in total. The van der Waals surface area contributed by atoms with Crippen molar-refractivity contribution in [2.45, 2.75) is 50.8 Å². The minimum absolute atomic E-state index is 0.175. The topological polar surface area (TPSA) is 63.2 Å². The summed E-state index contributed by atoms with van der Waals surface area (Å²) in [5.74, 6) is 1.21. The molecule has 0 saturated heterocycles. The fourth-order valence-corrected chi connectivity index (χ4v) is 3.90. The fourth-order valence-electron chi connectivity index (χ4n) is 3.25. The van der Waals surface area contributed by atoms with E-state index in [4.69, 9.17) is 0 Å².